The summed E-state index contributed by atoms with van der Waals surface area (Å²) < 4.78 is 40.7. The minimum Gasteiger partial charge on any atom is -0.459 e. The molecule has 13 atom stereocenters. The average Bonchev–Trinajstić information content (AvgIpc) is 1.62. The van der Waals surface area contributed by atoms with Gasteiger partial charge in [-0.3, -0.25) is 19.4 Å². The summed E-state index contributed by atoms with van der Waals surface area (Å²) in [4.78, 5) is 101. The molecule has 0 spiro atoms. The number of Topliss-reactive ketones (excluding diaryl/α,β-unsaturated/α-hetero) is 2. The summed E-state index contributed by atoms with van der Waals surface area (Å²) in [5.41, 5.74) is 13.8. The fraction of sp³-hybridized carbons (Fsp3) is 0.526. The normalized spacial score (nSPS) is 26.6. The minimum absolute atomic E-state index is 0.0275. The summed E-state index contributed by atoms with van der Waals surface area (Å²) in [6.45, 7) is 27.1. The molecule has 0 bridgehead atoms. The first-order valence-electron chi connectivity index (χ1n) is 33.6. The van der Waals surface area contributed by atoms with E-state index in [1.165, 1.54) is 37.2 Å². The van der Waals surface area contributed by atoms with Crippen molar-refractivity contribution < 1.29 is 71.8 Å². The molecule has 4 unspecified atom stereocenters. The molecule has 2 N–H and O–H groups in total. The Kier molecular flexibility index (Phi) is 26.0. The maximum atomic E-state index is 13.9. The van der Waals surface area contributed by atoms with Gasteiger partial charge in [0.25, 0.3) is 0 Å². The van der Waals surface area contributed by atoms with Crippen molar-refractivity contribution in [3.8, 4) is 11.1 Å². The number of aliphatic hydroxyl groups is 1. The van der Waals surface area contributed by atoms with Gasteiger partial charge in [0.15, 0.2) is 11.4 Å². The Hall–Kier alpha value is -8.49. The Morgan fingerprint density at radius 2 is 1.29 bits per heavy atom. The standard InChI is InChI=1S/C36H33NO7.C27H44N4O8.C13H21N/c1-23-33(44-35(39)25-14-6-3-7-15-25)32(20-26(43-23)21-41-34(38)24-12-4-2-5-13-24)37-36(40)42-22-31-29-18-10-8-16-27(29)28-17-9-11-19-30(28)31;1-9-19-27(7)22(31(25(36)39-27)13-11-10-12-29-30-28)16(3)20(32)15(2)14-26(6,37-8)23(34)17(4)21(33)18(5)24(35)38-19;1-12(2,3)10-8-7-9-11(14-10)13(4,5)6/h2-19,23,26,31-33H,20-22H2,1H3,(H,37,40);15-19,22-23,34H,9-14H2,1-8H3;7-9H,1-6H3/t;15-,16+,17+,18-,19-,22-,23-,26+,27-;/m.1./s1. The Bertz CT molecular complexity index is 3510. The molecule has 0 saturated carbocycles. The highest BCUT2D eigenvalue weighted by Gasteiger charge is 2.60. The largest absolute Gasteiger partial charge is 0.459 e. The van der Waals surface area contributed by atoms with Crippen LogP contribution in [0.4, 0.5) is 9.59 Å². The van der Waals surface area contributed by atoms with E-state index in [1.54, 1.807) is 90.1 Å². The lowest BCUT2D eigenvalue weighted by molar-refractivity contribution is -0.174. The van der Waals surface area contributed by atoms with Gasteiger partial charge in [0, 0.05) is 77.4 Å². The Labute approximate surface area is 570 Å². The van der Waals surface area contributed by atoms with Crippen LogP contribution in [0.15, 0.2) is 133 Å². The van der Waals surface area contributed by atoms with E-state index >= 15 is 0 Å². The zero-order chi connectivity index (χ0) is 71.2. The van der Waals surface area contributed by atoms with Crippen molar-refractivity contribution >= 4 is 41.7 Å². The molecule has 21 nitrogen and oxygen atoms in total. The molecular formula is C76H98N6O15. The summed E-state index contributed by atoms with van der Waals surface area (Å²) in [5, 5.41) is 17.6. The van der Waals surface area contributed by atoms with Crippen LogP contribution in [0.25, 0.3) is 21.6 Å². The number of azide groups is 1. The molecule has 21 heteroatoms. The van der Waals surface area contributed by atoms with Gasteiger partial charge in [-0.1, -0.05) is 165 Å². The summed E-state index contributed by atoms with van der Waals surface area (Å²) in [6.07, 6.45) is -3.75. The number of rotatable bonds is 15. The van der Waals surface area contributed by atoms with Crippen LogP contribution < -0.4 is 5.32 Å². The molecule has 3 aliphatic heterocycles. The van der Waals surface area contributed by atoms with E-state index in [2.05, 4.69) is 99.3 Å². The van der Waals surface area contributed by atoms with Crippen molar-refractivity contribution in [2.24, 2.45) is 28.8 Å². The predicted molar refractivity (Wildman–Crippen MR) is 366 cm³/mol. The van der Waals surface area contributed by atoms with Crippen molar-refractivity contribution in [1.29, 1.82) is 0 Å². The summed E-state index contributed by atoms with van der Waals surface area (Å²) in [6, 6.07) is 38.5. The number of methoxy groups -OCH3 is 1. The number of hydrogen-bond acceptors (Lipinski definition) is 17. The maximum Gasteiger partial charge on any atom is 0.410 e. The van der Waals surface area contributed by atoms with E-state index in [-0.39, 0.29) is 68.1 Å². The van der Waals surface area contributed by atoms with Gasteiger partial charge in [-0.15, -0.1) is 0 Å². The van der Waals surface area contributed by atoms with Crippen LogP contribution in [0.1, 0.15) is 178 Å². The second kappa shape index (κ2) is 33.2. The minimum atomic E-state index is -1.37. The van der Waals surface area contributed by atoms with Crippen molar-refractivity contribution in [2.45, 2.75) is 200 Å². The van der Waals surface area contributed by atoms with Crippen LogP contribution in [-0.2, 0) is 58.4 Å². The predicted octanol–water partition coefficient (Wildman–Crippen LogP) is 13.7. The lowest BCUT2D eigenvalue weighted by Gasteiger charge is -2.42. The van der Waals surface area contributed by atoms with Crippen LogP contribution in [0.5, 0.6) is 0 Å². The number of aromatic nitrogens is 1. The number of benzene rings is 4. The summed E-state index contributed by atoms with van der Waals surface area (Å²) in [7, 11) is 1.41. The number of ether oxygens (including phenoxy) is 7. The third kappa shape index (κ3) is 18.6. The molecule has 0 radical (unpaired) electrons. The van der Waals surface area contributed by atoms with Crippen LogP contribution in [0.2, 0.25) is 0 Å². The van der Waals surface area contributed by atoms with E-state index in [9.17, 15) is 38.7 Å². The first-order valence-corrected chi connectivity index (χ1v) is 33.6. The number of cyclic esters (lactones) is 1. The van der Waals surface area contributed by atoms with Crippen molar-refractivity contribution in [1.82, 2.24) is 15.2 Å². The number of alkyl carbamates (subject to hydrolysis) is 1. The molecule has 97 heavy (non-hydrogen) atoms. The highest BCUT2D eigenvalue weighted by Crippen LogP contribution is 2.46. The number of pyridine rings is 1. The maximum absolute atomic E-state index is 13.9. The number of ketones is 2. The molecule has 2 amide bonds. The third-order valence-corrected chi connectivity index (χ3v) is 19.0. The SMILES string of the molecule is CC(C)(C)c1cccc(C(C)(C)C)n1.CC1OC(COC(=O)c2ccccc2)CC(NC(=O)OCC2c3ccccc3-c3ccccc32)C1OC(=O)c1ccccc1.CC[C@H]1OC(=O)[C@H](C)C(=O)[C@H](C)[C@@H](O)[C@@](C)(OC)C[C@@H](C)C(=O)[C@H](C)[C@H]2N(CCCCN=[N+]=[N-])C(=O)O[C@]12C. The van der Waals surface area contributed by atoms with Crippen LogP contribution in [0, 0.1) is 23.7 Å². The lowest BCUT2D eigenvalue weighted by atomic mass is 9.73. The van der Waals surface area contributed by atoms with E-state index < -0.39 is 113 Å². The van der Waals surface area contributed by atoms with Gasteiger partial charge in [0.05, 0.1) is 47.1 Å². The lowest BCUT2D eigenvalue weighted by Crippen LogP contribution is -2.58. The second-order valence-electron chi connectivity index (χ2n) is 28.2. The van der Waals surface area contributed by atoms with Crippen molar-refractivity contribution in [3.63, 3.8) is 0 Å². The molecule has 4 aromatic carbocycles. The van der Waals surface area contributed by atoms with Gasteiger partial charge in [-0.2, -0.15) is 0 Å². The molecule has 5 aromatic rings. The van der Waals surface area contributed by atoms with Gasteiger partial charge >= 0.3 is 30.1 Å². The van der Waals surface area contributed by atoms with E-state index in [0.29, 0.717) is 24.0 Å². The first-order chi connectivity index (χ1) is 45.9. The van der Waals surface area contributed by atoms with Crippen molar-refractivity contribution in [3.05, 3.63) is 171 Å². The molecule has 3 fully saturated rings. The molecule has 1 aromatic heterocycles. The number of amides is 2. The number of nitrogens with one attached hydrogen (secondary N) is 1. The Balaban J connectivity index is 0.000000230. The van der Waals surface area contributed by atoms with Gasteiger partial charge < -0.3 is 48.5 Å². The number of carbonyl (C=O) groups is 7. The van der Waals surface area contributed by atoms with Gasteiger partial charge in [0.1, 0.15) is 37.1 Å². The monoisotopic (exact) mass is 1330 g/mol. The van der Waals surface area contributed by atoms with E-state index in [0.717, 1.165) is 22.3 Å². The average molecular weight is 1340 g/mol. The zero-order valence-corrected chi connectivity index (χ0v) is 58.8. The van der Waals surface area contributed by atoms with Crippen LogP contribution >= 0.6 is 0 Å². The van der Waals surface area contributed by atoms with Crippen LogP contribution in [0.3, 0.4) is 0 Å². The number of esters is 3. The van der Waals surface area contributed by atoms with Crippen LogP contribution in [-0.4, -0.2) is 144 Å². The molecular weight excluding hydrogens is 1240 g/mol. The quantitative estimate of drug-likeness (QED) is 0.0187. The van der Waals surface area contributed by atoms with E-state index in [1.807, 2.05) is 36.4 Å². The number of unbranched alkanes of at least 4 members (excludes halogenated alkanes) is 1. The Morgan fingerprint density at radius 1 is 0.732 bits per heavy atom. The highest BCUT2D eigenvalue weighted by atomic mass is 16.6. The van der Waals surface area contributed by atoms with Crippen molar-refractivity contribution in [2.75, 3.05) is 33.4 Å². The number of fused-ring (bicyclic) bond motifs is 4. The highest BCUT2D eigenvalue weighted by molar-refractivity contribution is 6.00. The fourth-order valence-corrected chi connectivity index (χ4v) is 13.4. The van der Waals surface area contributed by atoms with E-state index in [4.69, 9.17) is 43.7 Å². The molecule has 3 saturated heterocycles. The van der Waals surface area contributed by atoms with Gasteiger partial charge in [-0.25, -0.2) is 19.2 Å². The molecule has 9 rings (SSSR count). The zero-order valence-electron chi connectivity index (χ0n) is 58.8. The second-order valence-corrected chi connectivity index (χ2v) is 28.2. The molecule has 522 valence electrons. The molecule has 4 heterocycles. The first kappa shape index (κ1) is 75.9. The third-order valence-electron chi connectivity index (χ3n) is 19.0. The summed E-state index contributed by atoms with van der Waals surface area (Å²) in [5.74, 6) is -6.05. The summed E-state index contributed by atoms with van der Waals surface area (Å²) >= 11 is 0. The van der Waals surface area contributed by atoms with Gasteiger partial charge in [0.2, 0.25) is 0 Å². The number of aliphatic hydroxyl groups excluding tert-OH is 1. The van der Waals surface area contributed by atoms with Gasteiger partial charge in [-0.05, 0) is 118 Å². The fourth-order valence-electron chi connectivity index (χ4n) is 13.4. The Morgan fingerprint density at radius 3 is 1.84 bits per heavy atom. The number of hydrogen-bond donors (Lipinski definition) is 2. The number of carbonyl (C=O) groups excluding carboxylic acids is 7. The molecule has 1 aliphatic carbocycles. The smallest absolute Gasteiger partial charge is 0.410 e. The molecule has 4 aliphatic rings. The topological polar surface area (TPSA) is 281 Å². The number of nitrogens with zero attached hydrogens (tertiary/aromatic N) is 5.